The van der Waals surface area contributed by atoms with Crippen LogP contribution in [0.4, 0.5) is 0 Å². The van der Waals surface area contributed by atoms with E-state index in [1.807, 2.05) is 47.8 Å². The highest BCUT2D eigenvalue weighted by Gasteiger charge is 2.24. The molecule has 0 amide bonds. The Hall–Kier alpha value is -2.24. The number of ketones is 1. The van der Waals surface area contributed by atoms with Crippen molar-refractivity contribution in [1.29, 1.82) is 5.26 Å². The van der Waals surface area contributed by atoms with Crippen LogP contribution in [0.25, 0.3) is 21.5 Å². The van der Waals surface area contributed by atoms with Crippen molar-refractivity contribution in [3.8, 4) is 17.3 Å². The van der Waals surface area contributed by atoms with Crippen LogP contribution in [0.2, 0.25) is 5.02 Å². The molecule has 2 heterocycles. The van der Waals surface area contributed by atoms with Crippen molar-refractivity contribution in [3.63, 3.8) is 0 Å². The predicted molar refractivity (Wildman–Crippen MR) is 116 cm³/mol. The van der Waals surface area contributed by atoms with Crippen molar-refractivity contribution in [2.45, 2.75) is 10.3 Å². The molecule has 4 aromatic rings. The van der Waals surface area contributed by atoms with Gasteiger partial charge in [-0.25, -0.2) is 9.97 Å². The lowest BCUT2D eigenvalue weighted by molar-refractivity contribution is -0.116. The van der Waals surface area contributed by atoms with Crippen LogP contribution in [0.15, 0.2) is 58.3 Å². The van der Waals surface area contributed by atoms with Crippen LogP contribution in [0.3, 0.4) is 0 Å². The number of nitriles is 1. The van der Waals surface area contributed by atoms with E-state index in [4.69, 9.17) is 11.6 Å². The number of nitrogens with zero attached hydrogens (tertiary/aromatic N) is 3. The first-order chi connectivity index (χ1) is 13.6. The fourth-order valence-corrected chi connectivity index (χ4v) is 5.60. The van der Waals surface area contributed by atoms with Crippen LogP contribution in [0.1, 0.15) is 10.9 Å². The molecular formula is C20H12ClN3OS3. The third-order valence-electron chi connectivity index (χ3n) is 3.96. The number of benzene rings is 2. The highest BCUT2D eigenvalue weighted by molar-refractivity contribution is 8.01. The van der Waals surface area contributed by atoms with E-state index in [1.165, 1.54) is 34.4 Å². The molecule has 138 valence electrons. The molecule has 28 heavy (non-hydrogen) atoms. The lowest BCUT2D eigenvalue weighted by Crippen LogP contribution is -2.13. The zero-order valence-corrected chi connectivity index (χ0v) is 17.5. The number of thioether (sulfide) groups is 1. The van der Waals surface area contributed by atoms with Gasteiger partial charge in [0.1, 0.15) is 5.01 Å². The molecule has 2 aromatic heterocycles. The summed E-state index contributed by atoms with van der Waals surface area (Å²) in [6.45, 7) is 0. The number of thiazole rings is 2. The maximum absolute atomic E-state index is 12.6. The number of Topliss-reactive ketones (excluding diaryl/α,β-unsaturated/α-hetero) is 1. The van der Waals surface area contributed by atoms with E-state index in [0.29, 0.717) is 10.0 Å². The Labute approximate surface area is 178 Å². The Bertz CT molecular complexity index is 1180. The first kappa shape index (κ1) is 19.1. The summed E-state index contributed by atoms with van der Waals surface area (Å²) in [5.41, 5.74) is 2.57. The molecule has 0 radical (unpaired) electrons. The van der Waals surface area contributed by atoms with Crippen LogP contribution in [-0.2, 0) is 4.79 Å². The molecule has 0 bridgehead atoms. The van der Waals surface area contributed by atoms with Crippen LogP contribution in [-0.4, -0.2) is 21.5 Å². The Morgan fingerprint density at radius 1 is 1.21 bits per heavy atom. The molecule has 0 aliphatic rings. The molecule has 0 N–H and O–H groups in total. The van der Waals surface area contributed by atoms with E-state index in [2.05, 4.69) is 16.0 Å². The minimum absolute atomic E-state index is 0.168. The van der Waals surface area contributed by atoms with Crippen molar-refractivity contribution < 1.29 is 4.79 Å². The molecule has 0 saturated heterocycles. The maximum atomic E-state index is 12.6. The van der Waals surface area contributed by atoms with Crippen LogP contribution >= 0.6 is 46.0 Å². The van der Waals surface area contributed by atoms with Gasteiger partial charge in [-0.2, -0.15) is 5.26 Å². The third-order valence-corrected chi connectivity index (χ3v) is 7.30. The van der Waals surface area contributed by atoms with Gasteiger partial charge in [0.15, 0.2) is 16.0 Å². The lowest BCUT2D eigenvalue weighted by atomic mass is 10.1. The maximum Gasteiger partial charge on any atom is 0.167 e. The van der Waals surface area contributed by atoms with Gasteiger partial charge < -0.3 is 0 Å². The van der Waals surface area contributed by atoms with Crippen LogP contribution in [0, 0.1) is 11.3 Å². The Morgan fingerprint density at radius 2 is 2.04 bits per heavy atom. The SMILES string of the molecule is N#C[C@H](C(=O)CSc1nc2cc(Cl)ccc2s1)c1nc(-c2ccccc2)cs1. The zero-order chi connectivity index (χ0) is 19.5. The number of rotatable bonds is 6. The molecule has 0 aliphatic heterocycles. The average molecular weight is 442 g/mol. The van der Waals surface area contributed by atoms with Gasteiger partial charge in [-0.3, -0.25) is 4.79 Å². The summed E-state index contributed by atoms with van der Waals surface area (Å²) in [6.07, 6.45) is 0. The minimum Gasteiger partial charge on any atom is -0.297 e. The van der Waals surface area contributed by atoms with E-state index in [0.717, 1.165) is 25.8 Å². The number of fused-ring (bicyclic) bond motifs is 1. The Kier molecular flexibility index (Phi) is 5.74. The summed E-state index contributed by atoms with van der Waals surface area (Å²) in [7, 11) is 0. The predicted octanol–water partition coefficient (Wildman–Crippen LogP) is 6.04. The molecule has 0 fully saturated rings. The van der Waals surface area contributed by atoms with E-state index in [-0.39, 0.29) is 11.5 Å². The van der Waals surface area contributed by atoms with Gasteiger partial charge in [-0.15, -0.1) is 22.7 Å². The molecule has 4 nitrogen and oxygen atoms in total. The van der Waals surface area contributed by atoms with Gasteiger partial charge in [0, 0.05) is 16.0 Å². The smallest absolute Gasteiger partial charge is 0.167 e. The minimum atomic E-state index is -0.862. The topological polar surface area (TPSA) is 66.6 Å². The first-order valence-electron chi connectivity index (χ1n) is 8.26. The summed E-state index contributed by atoms with van der Waals surface area (Å²) >= 11 is 10.2. The largest absolute Gasteiger partial charge is 0.297 e. The highest BCUT2D eigenvalue weighted by atomic mass is 35.5. The summed E-state index contributed by atoms with van der Waals surface area (Å²) in [4.78, 5) is 21.6. The molecule has 0 unspecified atom stereocenters. The molecule has 8 heteroatoms. The molecule has 0 spiro atoms. The molecule has 0 saturated carbocycles. The number of carbonyl (C=O) groups excluding carboxylic acids is 1. The summed E-state index contributed by atoms with van der Waals surface area (Å²) < 4.78 is 1.80. The van der Waals surface area contributed by atoms with Gasteiger partial charge in [0.05, 0.1) is 27.7 Å². The molecular weight excluding hydrogens is 430 g/mol. The fraction of sp³-hybridized carbons (Fsp3) is 0.100. The van der Waals surface area contributed by atoms with Gasteiger partial charge in [-0.1, -0.05) is 53.7 Å². The highest BCUT2D eigenvalue weighted by Crippen LogP contribution is 2.33. The van der Waals surface area contributed by atoms with Crippen molar-refractivity contribution in [3.05, 3.63) is 63.9 Å². The second kappa shape index (κ2) is 8.41. The normalized spacial score (nSPS) is 12.0. The quantitative estimate of drug-likeness (QED) is 0.341. The standard InChI is InChI=1S/C20H12ClN3OS3/c21-13-6-7-18-15(8-13)24-20(28-18)27-11-17(25)14(9-22)19-23-16(10-26-19)12-4-2-1-3-5-12/h1-8,10,14H,11H2/t14-/m1/s1. The monoisotopic (exact) mass is 441 g/mol. The van der Waals surface area contributed by atoms with Crippen molar-refractivity contribution in [2.75, 3.05) is 5.75 Å². The Morgan fingerprint density at radius 3 is 2.82 bits per heavy atom. The second-order valence-electron chi connectivity index (χ2n) is 5.85. The molecule has 2 aromatic carbocycles. The van der Waals surface area contributed by atoms with Crippen LogP contribution < -0.4 is 0 Å². The van der Waals surface area contributed by atoms with E-state index < -0.39 is 5.92 Å². The number of hydrogen-bond acceptors (Lipinski definition) is 7. The average Bonchev–Trinajstić information content (AvgIpc) is 3.34. The molecule has 4 rings (SSSR count). The molecule has 0 aliphatic carbocycles. The molecule has 1 atom stereocenters. The van der Waals surface area contributed by atoms with Gasteiger partial charge >= 0.3 is 0 Å². The van der Waals surface area contributed by atoms with Gasteiger partial charge in [0.2, 0.25) is 0 Å². The lowest BCUT2D eigenvalue weighted by Gasteiger charge is -2.03. The number of hydrogen-bond donors (Lipinski definition) is 0. The Balaban J connectivity index is 1.47. The van der Waals surface area contributed by atoms with Gasteiger partial charge in [0.25, 0.3) is 0 Å². The van der Waals surface area contributed by atoms with Crippen LogP contribution in [0.5, 0.6) is 0 Å². The number of halogens is 1. The summed E-state index contributed by atoms with van der Waals surface area (Å²) in [6, 6.07) is 17.4. The number of carbonyl (C=O) groups is 1. The summed E-state index contributed by atoms with van der Waals surface area (Å²) in [5, 5.41) is 12.6. The van der Waals surface area contributed by atoms with Gasteiger partial charge in [-0.05, 0) is 18.2 Å². The van der Waals surface area contributed by atoms with Crippen molar-refractivity contribution in [2.24, 2.45) is 0 Å². The van der Waals surface area contributed by atoms with E-state index in [1.54, 1.807) is 6.07 Å². The van der Waals surface area contributed by atoms with E-state index >= 15 is 0 Å². The summed E-state index contributed by atoms with van der Waals surface area (Å²) in [5.74, 6) is -0.857. The second-order valence-corrected chi connectivity index (χ2v) is 9.43. The zero-order valence-electron chi connectivity index (χ0n) is 14.3. The number of aromatic nitrogens is 2. The fourth-order valence-electron chi connectivity index (χ4n) is 2.58. The third kappa shape index (κ3) is 4.10. The van der Waals surface area contributed by atoms with Crippen molar-refractivity contribution >= 4 is 62.0 Å². The van der Waals surface area contributed by atoms with E-state index in [9.17, 15) is 10.1 Å². The van der Waals surface area contributed by atoms with Crippen molar-refractivity contribution in [1.82, 2.24) is 9.97 Å². The first-order valence-corrected chi connectivity index (χ1v) is 11.3.